The van der Waals surface area contributed by atoms with Crippen LogP contribution >= 0.6 is 0 Å². The summed E-state index contributed by atoms with van der Waals surface area (Å²) < 4.78 is 39.2. The summed E-state index contributed by atoms with van der Waals surface area (Å²) in [5.41, 5.74) is -1.39. The first kappa shape index (κ1) is 28.6. The fourth-order valence-electron chi connectivity index (χ4n) is 9.91. The lowest BCUT2D eigenvalue weighted by Crippen LogP contribution is -2.58. The van der Waals surface area contributed by atoms with Crippen molar-refractivity contribution in [2.45, 2.75) is 103 Å². The van der Waals surface area contributed by atoms with Crippen LogP contribution in [0.4, 0.5) is 13.2 Å². The molecule has 4 fully saturated rings. The summed E-state index contributed by atoms with van der Waals surface area (Å²) in [4.78, 5) is 24.9. The first-order chi connectivity index (χ1) is 18.2. The van der Waals surface area contributed by atoms with E-state index in [-0.39, 0.29) is 35.0 Å². The topological polar surface area (TPSA) is 74.6 Å². The molecule has 0 spiro atoms. The smallest absolute Gasteiger partial charge is 0.416 e. The van der Waals surface area contributed by atoms with Crippen molar-refractivity contribution < 1.29 is 33.0 Å². The van der Waals surface area contributed by atoms with Crippen LogP contribution in [0.5, 0.6) is 0 Å². The molecule has 0 saturated heterocycles. The fourth-order valence-corrected chi connectivity index (χ4v) is 9.91. The summed E-state index contributed by atoms with van der Waals surface area (Å²) in [6.45, 7) is 6.94. The van der Waals surface area contributed by atoms with Crippen molar-refractivity contribution in [2.24, 2.45) is 46.3 Å². The number of aliphatic carboxylic acids is 1. The maximum atomic E-state index is 13.9. The number of carboxylic acid groups (broad SMARTS) is 1. The molecule has 1 aromatic carbocycles. The average molecular weight is 549 g/mol. The molecule has 7 heteroatoms. The van der Waals surface area contributed by atoms with Crippen LogP contribution in [0.25, 0.3) is 0 Å². The van der Waals surface area contributed by atoms with E-state index in [2.05, 4.69) is 20.8 Å². The molecule has 0 aliphatic heterocycles. The quantitative estimate of drug-likeness (QED) is 0.383. The Hall–Kier alpha value is -1.89. The Morgan fingerprint density at radius 2 is 1.69 bits per heavy atom. The van der Waals surface area contributed by atoms with Gasteiger partial charge in [-0.3, -0.25) is 9.59 Å². The number of carbonyl (C=O) groups is 2. The molecule has 5 rings (SSSR count). The van der Waals surface area contributed by atoms with Crippen molar-refractivity contribution in [3.8, 4) is 0 Å². The molecule has 4 saturated carbocycles. The van der Waals surface area contributed by atoms with Gasteiger partial charge in [0, 0.05) is 18.8 Å². The van der Waals surface area contributed by atoms with Crippen molar-refractivity contribution in [3.05, 3.63) is 35.4 Å². The molecule has 2 N–H and O–H groups in total. The van der Waals surface area contributed by atoms with Crippen molar-refractivity contribution >= 4 is 11.8 Å². The van der Waals surface area contributed by atoms with Crippen LogP contribution in [0.1, 0.15) is 103 Å². The van der Waals surface area contributed by atoms with E-state index >= 15 is 0 Å². The van der Waals surface area contributed by atoms with Crippen LogP contribution < -0.4 is 0 Å². The van der Waals surface area contributed by atoms with Gasteiger partial charge in [0.05, 0.1) is 11.2 Å². The average Bonchev–Trinajstić information content (AvgIpc) is 3.22. The highest BCUT2D eigenvalue weighted by Crippen LogP contribution is 2.68. The maximum Gasteiger partial charge on any atom is 0.416 e. The van der Waals surface area contributed by atoms with Gasteiger partial charge < -0.3 is 10.2 Å². The number of hydrogen-bond donors (Lipinski definition) is 2. The van der Waals surface area contributed by atoms with E-state index < -0.39 is 23.3 Å². The van der Waals surface area contributed by atoms with Crippen molar-refractivity contribution in [1.29, 1.82) is 0 Å². The van der Waals surface area contributed by atoms with Crippen LogP contribution in [-0.4, -0.2) is 22.0 Å². The predicted molar refractivity (Wildman–Crippen MR) is 142 cm³/mol. The van der Waals surface area contributed by atoms with Gasteiger partial charge in [0.2, 0.25) is 0 Å². The Morgan fingerprint density at radius 1 is 1.03 bits per heavy atom. The zero-order valence-electron chi connectivity index (χ0n) is 23.4. The van der Waals surface area contributed by atoms with E-state index in [4.69, 9.17) is 5.11 Å². The minimum absolute atomic E-state index is 0.0174. The van der Waals surface area contributed by atoms with E-state index in [1.807, 2.05) is 0 Å². The van der Waals surface area contributed by atoms with Crippen LogP contribution in [0.2, 0.25) is 0 Å². The number of Topliss-reactive ketones (excluding diaryl/α,β-unsaturated/α-hetero) is 1. The van der Waals surface area contributed by atoms with Gasteiger partial charge >= 0.3 is 12.1 Å². The highest BCUT2D eigenvalue weighted by Gasteiger charge is 2.64. The molecule has 0 unspecified atom stereocenters. The maximum absolute atomic E-state index is 13.9. The molecule has 1 aromatic rings. The monoisotopic (exact) mass is 548 g/mol. The first-order valence-corrected chi connectivity index (χ1v) is 14.8. The largest absolute Gasteiger partial charge is 0.481 e. The van der Waals surface area contributed by atoms with E-state index in [9.17, 15) is 27.9 Å². The molecule has 4 aliphatic carbocycles. The van der Waals surface area contributed by atoms with Crippen LogP contribution in [0.15, 0.2) is 24.3 Å². The van der Waals surface area contributed by atoms with Crippen molar-refractivity contribution in [3.63, 3.8) is 0 Å². The van der Waals surface area contributed by atoms with Crippen molar-refractivity contribution in [2.75, 3.05) is 0 Å². The molecule has 0 aromatic heterocycles. The van der Waals surface area contributed by atoms with Gasteiger partial charge in [-0.05, 0) is 116 Å². The second-order valence-corrected chi connectivity index (χ2v) is 13.9. The highest BCUT2D eigenvalue weighted by molar-refractivity contribution is 5.83. The van der Waals surface area contributed by atoms with Gasteiger partial charge in [-0.25, -0.2) is 0 Å². The van der Waals surface area contributed by atoms with Crippen molar-refractivity contribution in [1.82, 2.24) is 0 Å². The molecule has 4 aliphatic rings. The summed E-state index contributed by atoms with van der Waals surface area (Å²) in [5.74, 6) is 1.20. The van der Waals surface area contributed by atoms with Gasteiger partial charge in [-0.2, -0.15) is 13.2 Å². The molecular formula is C32H43F3O4. The number of carboxylic acids is 1. The van der Waals surface area contributed by atoms with Gasteiger partial charge in [-0.15, -0.1) is 0 Å². The second-order valence-electron chi connectivity index (χ2n) is 13.9. The molecule has 4 nitrogen and oxygen atoms in total. The minimum Gasteiger partial charge on any atom is -0.481 e. The third-order valence-electron chi connectivity index (χ3n) is 12.1. The lowest BCUT2D eigenvalue weighted by Gasteiger charge is -2.61. The lowest BCUT2D eigenvalue weighted by atomic mass is 9.43. The molecular weight excluding hydrogens is 505 g/mol. The van der Waals surface area contributed by atoms with E-state index in [1.165, 1.54) is 12.1 Å². The first-order valence-electron chi connectivity index (χ1n) is 14.8. The van der Waals surface area contributed by atoms with E-state index in [1.54, 1.807) is 0 Å². The van der Waals surface area contributed by atoms with Gasteiger partial charge in [0.1, 0.15) is 5.78 Å². The minimum atomic E-state index is -4.41. The van der Waals surface area contributed by atoms with Crippen LogP contribution in [-0.2, 0) is 21.4 Å². The highest BCUT2D eigenvalue weighted by atomic mass is 19.4. The SMILES string of the molecule is C[C@H](CCCC(=O)O)[C@H]1CC[C@H]2[C@@H]3C(=O)C[C@@H]4C[C@](O)(c5ccc(C(F)(F)F)cc5)CC[C@]4(C)[C@H]3CC[C@]12C. The Balaban J connectivity index is 1.33. The molecule has 0 radical (unpaired) electrons. The number of carbonyl (C=O) groups excluding carboxylic acids is 1. The molecule has 9 atom stereocenters. The van der Waals surface area contributed by atoms with E-state index in [0.29, 0.717) is 54.8 Å². The molecule has 39 heavy (non-hydrogen) atoms. The third kappa shape index (κ3) is 4.85. The van der Waals surface area contributed by atoms with Crippen LogP contribution in [0.3, 0.4) is 0 Å². The molecule has 0 heterocycles. The number of halogens is 3. The standard InChI is InChI=1S/C32H43F3O4/c1-19(5-4-6-27(37)38)23-11-12-24-28-25(13-14-30(23,24)3)29(2)15-16-31(39,18-22(29)17-26(28)36)20-7-9-21(10-8-20)32(33,34)35/h7-10,19,22-25,28,39H,4-6,11-18H2,1-3H3,(H,37,38)/t19-,22-,23-,24+,25+,28+,29+,30-,31+/m1/s1. The van der Waals surface area contributed by atoms with E-state index in [0.717, 1.165) is 50.7 Å². The number of fused-ring (bicyclic) bond motifs is 5. The summed E-state index contributed by atoms with van der Waals surface area (Å²) >= 11 is 0. The number of benzene rings is 1. The molecule has 216 valence electrons. The zero-order valence-corrected chi connectivity index (χ0v) is 23.4. The molecule has 0 bridgehead atoms. The Kier molecular flexibility index (Phi) is 7.26. The predicted octanol–water partition coefficient (Wildman–Crippen LogP) is 7.62. The lowest BCUT2D eigenvalue weighted by molar-refractivity contribution is -0.170. The van der Waals surface area contributed by atoms with Crippen LogP contribution in [0, 0.1) is 46.3 Å². The summed E-state index contributed by atoms with van der Waals surface area (Å²) in [6.07, 6.45) is 3.72. The number of rotatable bonds is 6. The number of ketones is 1. The Labute approximate surface area is 229 Å². The Bertz CT molecular complexity index is 1100. The number of alkyl halides is 3. The Morgan fingerprint density at radius 3 is 2.33 bits per heavy atom. The van der Waals surface area contributed by atoms with Gasteiger partial charge in [0.15, 0.2) is 0 Å². The normalized spacial score (nSPS) is 40.9. The summed E-state index contributed by atoms with van der Waals surface area (Å²) in [5, 5.41) is 20.7. The van der Waals surface area contributed by atoms with Gasteiger partial charge in [0.25, 0.3) is 0 Å². The second kappa shape index (κ2) is 9.88. The van der Waals surface area contributed by atoms with Gasteiger partial charge in [-0.1, -0.05) is 32.9 Å². The fraction of sp³-hybridized carbons (Fsp3) is 0.750. The summed E-state index contributed by atoms with van der Waals surface area (Å²) in [7, 11) is 0. The summed E-state index contributed by atoms with van der Waals surface area (Å²) in [6, 6.07) is 4.90. The zero-order chi connectivity index (χ0) is 28.4. The number of hydrogen-bond acceptors (Lipinski definition) is 3. The molecule has 0 amide bonds. The third-order valence-corrected chi connectivity index (χ3v) is 12.1. The number of aliphatic hydroxyl groups is 1.